The minimum Gasteiger partial charge on any atom is -0.0551 e. The summed E-state index contributed by atoms with van der Waals surface area (Å²) in [5.41, 5.74) is 1.26. The van der Waals surface area contributed by atoms with Crippen molar-refractivity contribution in [2.75, 3.05) is 0 Å². The molecule has 0 rings (SSSR count). The maximum atomic E-state index is 3.89. The van der Waals surface area contributed by atoms with Gasteiger partial charge in [0, 0.05) is 25.3 Å². The van der Waals surface area contributed by atoms with Gasteiger partial charge in [-0.25, -0.2) is 0 Å². The molecule has 8 heavy (non-hydrogen) atoms. The zero-order valence-electron chi connectivity index (χ0n) is 6.07. The van der Waals surface area contributed by atoms with E-state index in [0.717, 1.165) is 6.42 Å². The van der Waals surface area contributed by atoms with E-state index in [0.29, 0.717) is 5.92 Å². The summed E-state index contributed by atoms with van der Waals surface area (Å²) < 4.78 is 0. The molecule has 0 aromatic rings. The van der Waals surface area contributed by atoms with Crippen LogP contribution in [-0.2, 0) is 0 Å². The summed E-state index contributed by atoms with van der Waals surface area (Å²) >= 11 is 0. The smallest absolute Gasteiger partial charge is 0.0551 e. The van der Waals surface area contributed by atoms with E-state index in [1.165, 1.54) is 5.57 Å². The number of hydrogen-bond donors (Lipinski definition) is 0. The lowest BCUT2D eigenvalue weighted by Crippen LogP contribution is -1.90. The Hall–Kier alpha value is -0.390. The van der Waals surface area contributed by atoms with E-state index in [9.17, 15) is 0 Å². The van der Waals surface area contributed by atoms with Crippen molar-refractivity contribution in [3.8, 4) is 0 Å². The molecule has 0 radical (unpaired) electrons. The predicted molar refractivity (Wildman–Crippen MR) is 38.6 cm³/mol. The lowest BCUT2D eigenvalue weighted by Gasteiger charge is -1.97. The normalized spacial score (nSPS) is 9.50. The molecule has 0 aliphatic rings. The molecule has 0 aliphatic carbocycles. The van der Waals surface area contributed by atoms with Gasteiger partial charge in [0.1, 0.15) is 5.57 Å². The molecular weight excluding hydrogens is 96.1 g/mol. The molecule has 0 nitrogen and oxygen atoms in total. The first-order valence-corrected chi connectivity index (χ1v) is 3.20. The van der Waals surface area contributed by atoms with Gasteiger partial charge in [-0.1, -0.05) is 13.8 Å². The molecular formula is C8H15+. The monoisotopic (exact) mass is 111 g/mol. The Morgan fingerprint density at radius 3 is 2.25 bits per heavy atom. The highest BCUT2D eigenvalue weighted by molar-refractivity contribution is 5.09. The Bertz CT molecular complexity index is 70.1. The second kappa shape index (κ2) is 3.59. The average Bonchev–Trinajstić information content (AvgIpc) is 1.67. The van der Waals surface area contributed by atoms with Gasteiger partial charge in [-0.05, 0) is 6.92 Å². The molecule has 0 saturated heterocycles. The third kappa shape index (κ3) is 2.73. The van der Waals surface area contributed by atoms with E-state index in [-0.39, 0.29) is 0 Å². The molecule has 0 fully saturated rings. The third-order valence-electron chi connectivity index (χ3n) is 1.21. The quantitative estimate of drug-likeness (QED) is 0.491. The fourth-order valence-electron chi connectivity index (χ4n) is 0.498. The second-order valence-electron chi connectivity index (χ2n) is 2.34. The number of allylic oxidation sites excluding steroid dienone is 1. The van der Waals surface area contributed by atoms with Crippen molar-refractivity contribution < 1.29 is 0 Å². The van der Waals surface area contributed by atoms with Crippen molar-refractivity contribution in [2.24, 2.45) is 5.92 Å². The molecule has 46 valence electrons. The highest BCUT2D eigenvalue weighted by Gasteiger charge is 2.04. The van der Waals surface area contributed by atoms with Crippen LogP contribution in [0.1, 0.15) is 27.2 Å². The van der Waals surface area contributed by atoms with Crippen molar-refractivity contribution in [1.82, 2.24) is 0 Å². The SMILES string of the molecule is C=C([CH+]CC)C(C)C. The Morgan fingerprint density at radius 2 is 2.12 bits per heavy atom. The fourth-order valence-corrected chi connectivity index (χ4v) is 0.498. The van der Waals surface area contributed by atoms with Crippen molar-refractivity contribution in [3.05, 3.63) is 18.6 Å². The van der Waals surface area contributed by atoms with Gasteiger partial charge in [-0.15, -0.1) is 0 Å². The van der Waals surface area contributed by atoms with Crippen molar-refractivity contribution >= 4 is 0 Å². The van der Waals surface area contributed by atoms with Crippen LogP contribution in [0.5, 0.6) is 0 Å². The molecule has 0 amide bonds. The highest BCUT2D eigenvalue weighted by Crippen LogP contribution is 2.10. The van der Waals surface area contributed by atoms with Gasteiger partial charge in [0.2, 0.25) is 0 Å². The molecule has 0 bridgehead atoms. The standard InChI is InChI=1S/C8H15/c1-5-6-8(4)7(2)3/h6-7H,4-5H2,1-3H3/q+1. The Balaban J connectivity index is 3.33. The summed E-state index contributed by atoms with van der Waals surface area (Å²) in [5, 5.41) is 0. The van der Waals surface area contributed by atoms with Crippen molar-refractivity contribution in [2.45, 2.75) is 27.2 Å². The van der Waals surface area contributed by atoms with Gasteiger partial charge in [0.15, 0.2) is 0 Å². The van der Waals surface area contributed by atoms with Crippen LogP contribution in [0.3, 0.4) is 0 Å². The van der Waals surface area contributed by atoms with Crippen LogP contribution >= 0.6 is 0 Å². The molecule has 0 heterocycles. The topological polar surface area (TPSA) is 0 Å². The average molecular weight is 111 g/mol. The Labute approximate surface area is 52.6 Å². The first-order valence-electron chi connectivity index (χ1n) is 3.20. The first kappa shape index (κ1) is 7.61. The molecule has 0 heteroatoms. The van der Waals surface area contributed by atoms with Gasteiger partial charge in [0.05, 0.1) is 0 Å². The van der Waals surface area contributed by atoms with Crippen molar-refractivity contribution in [3.63, 3.8) is 0 Å². The maximum absolute atomic E-state index is 3.89. The maximum Gasteiger partial charge on any atom is 0.102 e. The second-order valence-corrected chi connectivity index (χ2v) is 2.34. The summed E-state index contributed by atoms with van der Waals surface area (Å²) in [5.74, 6) is 0.620. The minimum absolute atomic E-state index is 0.620. The van der Waals surface area contributed by atoms with Crippen LogP contribution in [0.25, 0.3) is 0 Å². The largest absolute Gasteiger partial charge is 0.102 e. The van der Waals surface area contributed by atoms with E-state index in [2.05, 4.69) is 33.8 Å². The van der Waals surface area contributed by atoms with E-state index in [1.54, 1.807) is 0 Å². The molecule has 0 aromatic carbocycles. The number of hydrogen-bond acceptors (Lipinski definition) is 0. The van der Waals surface area contributed by atoms with E-state index in [1.807, 2.05) is 0 Å². The summed E-state index contributed by atoms with van der Waals surface area (Å²) in [6, 6.07) is 0. The first-order chi connectivity index (χ1) is 3.68. The lowest BCUT2D eigenvalue weighted by atomic mass is 10.0. The molecule has 0 aromatic heterocycles. The molecule has 0 saturated carbocycles. The Kier molecular flexibility index (Phi) is 3.42. The zero-order valence-corrected chi connectivity index (χ0v) is 6.07. The number of rotatable bonds is 3. The molecule has 0 atom stereocenters. The van der Waals surface area contributed by atoms with Crippen LogP contribution in [-0.4, -0.2) is 0 Å². The predicted octanol–water partition coefficient (Wildman–Crippen LogP) is 2.81. The van der Waals surface area contributed by atoms with Crippen LogP contribution in [0.15, 0.2) is 12.2 Å². The van der Waals surface area contributed by atoms with Crippen molar-refractivity contribution in [1.29, 1.82) is 0 Å². The minimum atomic E-state index is 0.620. The fraction of sp³-hybridized carbons (Fsp3) is 0.625. The molecule has 0 aliphatic heterocycles. The lowest BCUT2D eigenvalue weighted by molar-refractivity contribution is 0.768. The molecule has 0 spiro atoms. The third-order valence-corrected chi connectivity index (χ3v) is 1.21. The van der Waals surface area contributed by atoms with Crippen LogP contribution in [0, 0.1) is 12.3 Å². The van der Waals surface area contributed by atoms with Crippen LogP contribution in [0.2, 0.25) is 0 Å². The summed E-state index contributed by atoms with van der Waals surface area (Å²) in [7, 11) is 0. The van der Waals surface area contributed by atoms with Crippen LogP contribution < -0.4 is 0 Å². The van der Waals surface area contributed by atoms with Gasteiger partial charge >= 0.3 is 0 Å². The molecule has 0 N–H and O–H groups in total. The summed E-state index contributed by atoms with van der Waals surface area (Å²) in [6.07, 6.45) is 3.28. The zero-order chi connectivity index (χ0) is 6.57. The van der Waals surface area contributed by atoms with Crippen LogP contribution in [0.4, 0.5) is 0 Å². The highest BCUT2D eigenvalue weighted by atomic mass is 14.0. The van der Waals surface area contributed by atoms with Gasteiger partial charge in [-0.2, -0.15) is 0 Å². The van der Waals surface area contributed by atoms with E-state index >= 15 is 0 Å². The summed E-state index contributed by atoms with van der Waals surface area (Å²) in [4.78, 5) is 0. The van der Waals surface area contributed by atoms with E-state index in [4.69, 9.17) is 0 Å². The molecule has 0 unspecified atom stereocenters. The van der Waals surface area contributed by atoms with Gasteiger partial charge < -0.3 is 0 Å². The summed E-state index contributed by atoms with van der Waals surface area (Å²) in [6.45, 7) is 10.3. The van der Waals surface area contributed by atoms with Gasteiger partial charge in [-0.3, -0.25) is 0 Å². The van der Waals surface area contributed by atoms with E-state index < -0.39 is 0 Å². The Morgan fingerprint density at radius 1 is 1.62 bits per heavy atom. The van der Waals surface area contributed by atoms with Gasteiger partial charge in [0.25, 0.3) is 0 Å².